The van der Waals surface area contributed by atoms with Crippen LogP contribution in [-0.2, 0) is 32.9 Å². The minimum absolute atomic E-state index is 0.0121. The van der Waals surface area contributed by atoms with Crippen LogP contribution in [0.4, 0.5) is 0 Å². The Kier molecular flexibility index (Phi) is 24.2. The molecule has 0 aliphatic carbocycles. The van der Waals surface area contributed by atoms with E-state index in [0.29, 0.717) is 22.7 Å². The highest BCUT2D eigenvalue weighted by Crippen LogP contribution is 2.20. The molecule has 10 aromatic carbocycles. The first-order chi connectivity index (χ1) is 52.0. The molecule has 0 saturated heterocycles. The summed E-state index contributed by atoms with van der Waals surface area (Å²) in [5, 5.41) is 0. The first-order valence-electron chi connectivity index (χ1n) is 37.4. The summed E-state index contributed by atoms with van der Waals surface area (Å²) in [7, 11) is 0. The van der Waals surface area contributed by atoms with E-state index in [-0.39, 0.29) is 11.6 Å². The summed E-state index contributed by atoms with van der Waals surface area (Å²) in [6.45, 7) is 19.6. The van der Waals surface area contributed by atoms with Gasteiger partial charge in [-0.2, -0.15) is 0 Å². The van der Waals surface area contributed by atoms with Crippen molar-refractivity contribution in [2.75, 3.05) is 0 Å². The largest absolute Gasteiger partial charge is 0.655 e. The Balaban J connectivity index is 0.000000134. The van der Waals surface area contributed by atoms with Gasteiger partial charge < -0.3 is 47.8 Å². The minimum Gasteiger partial charge on any atom is -0.655 e. The number of hydrogen-bond acceptors (Lipinski definition) is 7. The van der Waals surface area contributed by atoms with Gasteiger partial charge in [0.25, 0.3) is 0 Å². The van der Waals surface area contributed by atoms with Crippen LogP contribution in [0.2, 0.25) is 0 Å². The molecule has 0 aromatic heterocycles. The lowest BCUT2D eigenvalue weighted by molar-refractivity contribution is -0.324. The fourth-order valence-electron chi connectivity index (χ4n) is 16.4. The second-order valence-electron chi connectivity index (χ2n) is 28.8. The van der Waals surface area contributed by atoms with Gasteiger partial charge in [-0.15, -0.1) is 0 Å². The normalized spacial score (nSPS) is 16.7. The van der Waals surface area contributed by atoms with Crippen molar-refractivity contribution >= 4 is 127 Å². The molecule has 10 aromatic rings. The summed E-state index contributed by atoms with van der Waals surface area (Å²) < 4.78 is 31.8. The molecule has 0 spiro atoms. The number of benzene rings is 10. The molecule has 5 aliphatic heterocycles. The van der Waals surface area contributed by atoms with E-state index in [9.17, 15) is 9.59 Å². The van der Waals surface area contributed by atoms with E-state index in [2.05, 4.69) is 259 Å². The van der Waals surface area contributed by atoms with E-state index in [1.165, 1.54) is 22.1 Å². The lowest BCUT2D eigenvalue weighted by Crippen LogP contribution is -3.01. The van der Waals surface area contributed by atoms with Crippen LogP contribution in [0.3, 0.4) is 0 Å². The summed E-state index contributed by atoms with van der Waals surface area (Å²) in [5.41, 5.74) is 20.1. The fourth-order valence-corrected chi connectivity index (χ4v) is 16.4. The maximum Gasteiger partial charge on any atom is 0.507 e. The predicted octanol–water partition coefficient (Wildman–Crippen LogP) is 4.13. The fraction of sp³-hybridized carbons (Fsp3) is 0.154. The molecule has 544 valence electrons. The summed E-state index contributed by atoms with van der Waals surface area (Å²) in [5.74, 6) is 4.18. The monoisotopic (exact) mass is 1430 g/mol. The highest BCUT2D eigenvalue weighted by molar-refractivity contribution is 6.93. The second-order valence-corrected chi connectivity index (χ2v) is 28.8. The Morgan fingerprint density at radius 1 is 0.241 bits per heavy atom. The van der Waals surface area contributed by atoms with Gasteiger partial charge in [0.05, 0.1) is 28.8 Å². The van der Waals surface area contributed by atoms with Gasteiger partial charge >= 0.3 is 32.4 Å². The number of hydrogen-bond donors (Lipinski definition) is 5. The van der Waals surface area contributed by atoms with Gasteiger partial charge in [0, 0.05) is 52.8 Å². The molecule has 0 unspecified atom stereocenters. The first kappa shape index (κ1) is 77.0. The van der Waals surface area contributed by atoms with Crippen molar-refractivity contribution in [1.29, 1.82) is 0 Å². The summed E-state index contributed by atoms with van der Waals surface area (Å²) >= 11 is 0. The topological polar surface area (TPSA) is 150 Å². The third-order valence-electron chi connectivity index (χ3n) is 20.7. The molecule has 0 atom stereocenters. The van der Waals surface area contributed by atoms with Crippen LogP contribution in [0.15, 0.2) is 349 Å². The Bertz CT molecular complexity index is 4740. The molecule has 5 aliphatic rings. The molecule has 12 nitrogen and oxygen atoms in total. The van der Waals surface area contributed by atoms with E-state index in [1.807, 2.05) is 158 Å². The zero-order valence-electron chi connectivity index (χ0n) is 64.7. The Morgan fingerprint density at radius 3 is 0.639 bits per heavy atom. The molecule has 0 fully saturated rings. The van der Waals surface area contributed by atoms with Gasteiger partial charge in [0.1, 0.15) is 39.7 Å². The van der Waals surface area contributed by atoms with Gasteiger partial charge in [-0.25, -0.2) is 0 Å². The average molecular weight is 1430 g/mol. The van der Waals surface area contributed by atoms with Crippen molar-refractivity contribution in [3.8, 4) is 0 Å². The number of nitrogens with one attached hydrogen (secondary N) is 5. The molecule has 5 heterocycles. The van der Waals surface area contributed by atoms with Crippen molar-refractivity contribution in [2.24, 2.45) is 0 Å². The summed E-state index contributed by atoms with van der Waals surface area (Å²) in [6, 6.07) is 98.8. The number of ketones is 2. The molecule has 15 rings (SSSR count). The Hall–Kier alpha value is -12.1. The van der Waals surface area contributed by atoms with E-state index in [0.717, 1.165) is 89.5 Å². The third kappa shape index (κ3) is 16.8. The van der Waals surface area contributed by atoms with Gasteiger partial charge in [-0.1, -0.05) is 357 Å². The van der Waals surface area contributed by atoms with E-state index < -0.39 is 32.4 Å². The van der Waals surface area contributed by atoms with E-state index in [4.69, 9.17) is 23.3 Å². The van der Waals surface area contributed by atoms with Crippen LogP contribution >= 0.6 is 0 Å². The zero-order chi connectivity index (χ0) is 76.6. The molecule has 108 heavy (non-hydrogen) atoms. The zero-order valence-corrected chi connectivity index (χ0v) is 64.7. The van der Waals surface area contributed by atoms with Crippen LogP contribution in [0.5, 0.6) is 0 Å². The van der Waals surface area contributed by atoms with E-state index in [1.54, 1.807) is 13.8 Å². The lowest BCUT2D eigenvalue weighted by atomic mass is 9.40. The highest BCUT2D eigenvalue weighted by atomic mass is 16.5. The van der Waals surface area contributed by atoms with Crippen LogP contribution in [0, 0.1) is 13.8 Å². The van der Waals surface area contributed by atoms with Crippen LogP contribution in [-0.4, -0.2) is 72.5 Å². The van der Waals surface area contributed by atoms with Gasteiger partial charge in [-0.3, -0.25) is 9.59 Å². The number of aryl methyl sites for hydroxylation is 2. The van der Waals surface area contributed by atoms with Crippen molar-refractivity contribution in [1.82, 2.24) is 0 Å². The molecule has 0 amide bonds. The van der Waals surface area contributed by atoms with Gasteiger partial charge in [-0.05, 0) is 62.3 Å². The van der Waals surface area contributed by atoms with Crippen LogP contribution < -0.4 is 79.1 Å². The number of rotatable bonds is 12. The SMILES string of the molecule is CC(=O)C1=C(C)O[B-](c2ccccc2)(c2ccccc2)[NH+]=C1C.CC(=O)C1=C(C)O[B-](c2ccccc2)(c2ccccc2)[NH+]=C1C.CC1=CC(C)=[NH+][B-](c2ccccc2)(c2ccccc2)O1.CC1=CC(C)=[NH+][B-](c2ccccc2)(c2ccccc2)O1.CC1=CC(C)=[NH+][B-](c2ccccc2C)(c2ccccc2C)O1. The van der Waals surface area contributed by atoms with Gasteiger partial charge in [0.2, 0.25) is 0 Å². The average Bonchev–Trinajstić information content (AvgIpc) is 0.783. The maximum absolute atomic E-state index is 11.9. The Labute approximate surface area is 638 Å². The first-order valence-corrected chi connectivity index (χ1v) is 37.4. The summed E-state index contributed by atoms with van der Waals surface area (Å²) in [4.78, 5) is 41.6. The van der Waals surface area contributed by atoms with Gasteiger partial charge in [0.15, 0.2) is 11.6 Å². The molecular formula is C91H98B5N5O7. The van der Waals surface area contributed by atoms with Crippen LogP contribution in [0.25, 0.3) is 0 Å². The molecule has 5 N–H and O–H groups in total. The van der Waals surface area contributed by atoms with Crippen molar-refractivity contribution in [2.45, 2.75) is 96.9 Å². The van der Waals surface area contributed by atoms with E-state index >= 15 is 0 Å². The number of carbonyl (C=O) groups is 2. The molecular weight excluding hydrogens is 1330 g/mol. The third-order valence-corrected chi connectivity index (χ3v) is 20.7. The van der Waals surface area contributed by atoms with Crippen LogP contribution in [0.1, 0.15) is 94.2 Å². The predicted molar refractivity (Wildman–Crippen MR) is 451 cm³/mol. The van der Waals surface area contributed by atoms with Crippen molar-refractivity contribution in [3.05, 3.63) is 360 Å². The summed E-state index contributed by atoms with van der Waals surface area (Å²) in [6.07, 6.45) is 6.12. The quantitative estimate of drug-likeness (QED) is 0.116. The number of Topliss-reactive ketones (excluding diaryl/α,β-unsaturated/α-hetero) is 2. The molecule has 17 heteroatoms. The Morgan fingerprint density at radius 2 is 0.435 bits per heavy atom. The second kappa shape index (κ2) is 34.0. The number of carbonyl (C=O) groups excluding carboxylic acids is 2. The highest BCUT2D eigenvalue weighted by Gasteiger charge is 2.48. The minimum atomic E-state index is -1.64. The van der Waals surface area contributed by atoms with Crippen molar-refractivity contribution in [3.63, 3.8) is 0 Å². The smallest absolute Gasteiger partial charge is 0.507 e. The molecule has 0 bridgehead atoms. The molecule has 0 saturated carbocycles. The maximum atomic E-state index is 11.9. The number of allylic oxidation sites excluding steroid dienone is 10. The standard InChI is InChI=1S/2C19H20BNO2.C19H22BNO.2C17H18BNO/c2*1-14-19(15(2)22)16(3)23-20(21-14,17-10-6-4-7-11-17)18-12-8-5-9-13-18;1-14-9-5-7-11-18(14)20(19-12-8-6-10-15(19)2)21-16(3)13-17(4)22-20;2*1-14-13-15(2)20-18(19-14,16-9-5-3-6-10-16)17-11-7-4-8-12-17/h2*4-13,21H,1-3H3;5-13,21H,1-4H3;2*3-13,19H,1-2H3. The molecule has 0 radical (unpaired) electrons. The van der Waals surface area contributed by atoms with Crippen molar-refractivity contribution < 1.29 is 57.4 Å². The lowest BCUT2D eigenvalue weighted by Gasteiger charge is -2.38.